The van der Waals surface area contributed by atoms with Crippen molar-refractivity contribution in [3.05, 3.63) is 64.4 Å². The van der Waals surface area contributed by atoms with Gasteiger partial charge in [-0.25, -0.2) is 4.98 Å². The molecule has 2 rings (SSSR count). The molecule has 0 unspecified atom stereocenters. The number of hydrogen-bond acceptors (Lipinski definition) is 2. The minimum atomic E-state index is -0.00803. The molecule has 1 aromatic heterocycles. The molecule has 0 N–H and O–H groups in total. The Hall–Kier alpha value is -1.68. The molecule has 4 heteroatoms. The van der Waals surface area contributed by atoms with Crippen LogP contribution in [0.3, 0.4) is 0 Å². The Morgan fingerprint density at radius 1 is 1.21 bits per heavy atom. The molecule has 0 aliphatic heterocycles. The summed E-state index contributed by atoms with van der Waals surface area (Å²) in [6, 6.07) is 13.5. The predicted octanol–water partition coefficient (Wildman–Crippen LogP) is 3.51. The van der Waals surface area contributed by atoms with Crippen LogP contribution in [0.4, 0.5) is 0 Å². The number of halogens is 1. The highest BCUT2D eigenvalue weighted by molar-refractivity contribution is 9.10. The molecule has 1 amide bonds. The van der Waals surface area contributed by atoms with Crippen LogP contribution in [-0.2, 0) is 6.54 Å². The standard InChI is InChI=1S/C15H15BrN2O/c1-2-18(11-12-7-4-3-5-8-12)15(19)13-9-6-10-17-14(13)16/h3-10H,2,11H2,1H3. The van der Waals surface area contributed by atoms with Crippen molar-refractivity contribution in [3.63, 3.8) is 0 Å². The van der Waals surface area contributed by atoms with Gasteiger partial charge in [-0.15, -0.1) is 0 Å². The van der Waals surface area contributed by atoms with Gasteiger partial charge < -0.3 is 4.90 Å². The van der Waals surface area contributed by atoms with E-state index < -0.39 is 0 Å². The quantitative estimate of drug-likeness (QED) is 0.808. The number of pyridine rings is 1. The number of aromatic nitrogens is 1. The highest BCUT2D eigenvalue weighted by Crippen LogP contribution is 2.16. The summed E-state index contributed by atoms with van der Waals surface area (Å²) in [5.74, 6) is -0.00803. The molecule has 19 heavy (non-hydrogen) atoms. The maximum Gasteiger partial charge on any atom is 0.256 e. The molecule has 0 aliphatic carbocycles. The summed E-state index contributed by atoms with van der Waals surface area (Å²) in [4.78, 5) is 18.4. The van der Waals surface area contributed by atoms with Crippen molar-refractivity contribution in [3.8, 4) is 0 Å². The number of nitrogens with zero attached hydrogens (tertiary/aromatic N) is 2. The van der Waals surface area contributed by atoms with Gasteiger partial charge in [0.2, 0.25) is 0 Å². The van der Waals surface area contributed by atoms with Gasteiger partial charge in [-0.2, -0.15) is 0 Å². The molecule has 0 radical (unpaired) electrons. The monoisotopic (exact) mass is 318 g/mol. The van der Waals surface area contributed by atoms with E-state index in [9.17, 15) is 4.79 Å². The first-order valence-corrected chi connectivity index (χ1v) is 6.95. The lowest BCUT2D eigenvalue weighted by atomic mass is 10.2. The Bertz CT molecular complexity index is 557. The summed E-state index contributed by atoms with van der Waals surface area (Å²) < 4.78 is 0.589. The zero-order chi connectivity index (χ0) is 13.7. The zero-order valence-electron chi connectivity index (χ0n) is 10.7. The van der Waals surface area contributed by atoms with Crippen molar-refractivity contribution in [1.29, 1.82) is 0 Å². The van der Waals surface area contributed by atoms with Crippen molar-refractivity contribution in [2.24, 2.45) is 0 Å². The van der Waals surface area contributed by atoms with Crippen LogP contribution >= 0.6 is 15.9 Å². The van der Waals surface area contributed by atoms with Crippen LogP contribution in [0.5, 0.6) is 0 Å². The molecule has 1 aromatic carbocycles. The van der Waals surface area contributed by atoms with E-state index in [-0.39, 0.29) is 5.91 Å². The van der Waals surface area contributed by atoms with Gasteiger partial charge in [0.15, 0.2) is 0 Å². The fourth-order valence-corrected chi connectivity index (χ4v) is 2.27. The Labute approximate surface area is 121 Å². The average Bonchev–Trinajstić information content (AvgIpc) is 2.46. The van der Waals surface area contributed by atoms with Crippen LogP contribution < -0.4 is 0 Å². The van der Waals surface area contributed by atoms with E-state index >= 15 is 0 Å². The first-order valence-electron chi connectivity index (χ1n) is 6.16. The maximum atomic E-state index is 12.5. The molecular weight excluding hydrogens is 304 g/mol. The summed E-state index contributed by atoms with van der Waals surface area (Å²) in [5, 5.41) is 0. The molecule has 0 saturated carbocycles. The molecule has 1 heterocycles. The average molecular weight is 319 g/mol. The van der Waals surface area contributed by atoms with E-state index in [2.05, 4.69) is 20.9 Å². The topological polar surface area (TPSA) is 33.2 Å². The van der Waals surface area contributed by atoms with E-state index in [0.717, 1.165) is 5.56 Å². The van der Waals surface area contributed by atoms with Gasteiger partial charge in [0.1, 0.15) is 4.60 Å². The molecule has 0 spiro atoms. The minimum Gasteiger partial charge on any atom is -0.335 e. The summed E-state index contributed by atoms with van der Waals surface area (Å²) in [7, 11) is 0. The third kappa shape index (κ3) is 3.41. The summed E-state index contributed by atoms with van der Waals surface area (Å²) in [6.07, 6.45) is 1.66. The molecule has 0 aliphatic rings. The Kier molecular flexibility index (Phi) is 4.68. The third-order valence-corrected chi connectivity index (χ3v) is 3.51. The van der Waals surface area contributed by atoms with E-state index in [4.69, 9.17) is 0 Å². The number of carbonyl (C=O) groups is 1. The van der Waals surface area contributed by atoms with Gasteiger partial charge >= 0.3 is 0 Å². The molecule has 3 nitrogen and oxygen atoms in total. The lowest BCUT2D eigenvalue weighted by Crippen LogP contribution is -2.30. The van der Waals surface area contributed by atoms with Gasteiger partial charge in [0, 0.05) is 19.3 Å². The second-order valence-electron chi connectivity index (χ2n) is 4.15. The lowest BCUT2D eigenvalue weighted by Gasteiger charge is -2.21. The number of carbonyl (C=O) groups excluding carboxylic acids is 1. The third-order valence-electron chi connectivity index (χ3n) is 2.87. The van der Waals surface area contributed by atoms with Crippen LogP contribution in [0.25, 0.3) is 0 Å². The van der Waals surface area contributed by atoms with Gasteiger partial charge in [-0.05, 0) is 40.5 Å². The lowest BCUT2D eigenvalue weighted by molar-refractivity contribution is 0.0751. The number of rotatable bonds is 4. The number of benzene rings is 1. The van der Waals surface area contributed by atoms with Gasteiger partial charge in [0.25, 0.3) is 5.91 Å². The normalized spacial score (nSPS) is 10.2. The molecule has 0 fully saturated rings. The summed E-state index contributed by atoms with van der Waals surface area (Å²) >= 11 is 3.32. The second-order valence-corrected chi connectivity index (χ2v) is 4.90. The Morgan fingerprint density at radius 2 is 1.95 bits per heavy atom. The van der Waals surface area contributed by atoms with Crippen molar-refractivity contribution in [1.82, 2.24) is 9.88 Å². The largest absolute Gasteiger partial charge is 0.335 e. The SMILES string of the molecule is CCN(Cc1ccccc1)C(=O)c1cccnc1Br. The van der Waals surface area contributed by atoms with Crippen molar-refractivity contribution in [2.75, 3.05) is 6.54 Å². The molecule has 0 atom stereocenters. The van der Waals surface area contributed by atoms with E-state index in [1.54, 1.807) is 23.2 Å². The summed E-state index contributed by atoms with van der Waals surface area (Å²) in [6.45, 7) is 3.25. The van der Waals surface area contributed by atoms with Crippen LogP contribution in [0.2, 0.25) is 0 Å². The predicted molar refractivity (Wildman–Crippen MR) is 78.8 cm³/mol. The molecule has 0 saturated heterocycles. The van der Waals surface area contributed by atoms with Gasteiger partial charge in [-0.3, -0.25) is 4.79 Å². The first kappa shape index (κ1) is 13.7. The maximum absolute atomic E-state index is 12.5. The Morgan fingerprint density at radius 3 is 2.58 bits per heavy atom. The van der Waals surface area contributed by atoms with Crippen molar-refractivity contribution in [2.45, 2.75) is 13.5 Å². The second kappa shape index (κ2) is 6.48. The highest BCUT2D eigenvalue weighted by Gasteiger charge is 2.17. The Balaban J connectivity index is 2.18. The van der Waals surface area contributed by atoms with Crippen molar-refractivity contribution < 1.29 is 4.79 Å². The van der Waals surface area contributed by atoms with Gasteiger partial charge in [-0.1, -0.05) is 30.3 Å². The molecule has 98 valence electrons. The van der Waals surface area contributed by atoms with Crippen LogP contribution in [-0.4, -0.2) is 22.3 Å². The number of amides is 1. The van der Waals surface area contributed by atoms with E-state index in [1.807, 2.05) is 37.3 Å². The van der Waals surface area contributed by atoms with E-state index in [0.29, 0.717) is 23.3 Å². The smallest absolute Gasteiger partial charge is 0.256 e. The van der Waals surface area contributed by atoms with E-state index in [1.165, 1.54) is 0 Å². The number of hydrogen-bond donors (Lipinski definition) is 0. The zero-order valence-corrected chi connectivity index (χ0v) is 12.3. The van der Waals surface area contributed by atoms with Crippen molar-refractivity contribution >= 4 is 21.8 Å². The van der Waals surface area contributed by atoms with Crippen LogP contribution in [0.15, 0.2) is 53.3 Å². The summed E-state index contributed by atoms with van der Waals surface area (Å²) in [5.41, 5.74) is 1.72. The fourth-order valence-electron chi connectivity index (χ4n) is 1.85. The first-order chi connectivity index (χ1) is 9.22. The van der Waals surface area contributed by atoms with Gasteiger partial charge in [0.05, 0.1) is 5.56 Å². The highest BCUT2D eigenvalue weighted by atomic mass is 79.9. The van der Waals surface area contributed by atoms with Crippen LogP contribution in [0, 0.1) is 0 Å². The fraction of sp³-hybridized carbons (Fsp3) is 0.200. The minimum absolute atomic E-state index is 0.00803. The van der Waals surface area contributed by atoms with Crippen LogP contribution in [0.1, 0.15) is 22.8 Å². The molecular formula is C15H15BrN2O. The molecule has 0 bridgehead atoms. The molecule has 2 aromatic rings.